The molecule has 1 fully saturated rings. The zero-order chi connectivity index (χ0) is 12.8. The Morgan fingerprint density at radius 2 is 2.29 bits per heavy atom. The van der Waals surface area contributed by atoms with Crippen molar-refractivity contribution < 1.29 is 4.79 Å². The lowest BCUT2D eigenvalue weighted by molar-refractivity contribution is -0.133. The van der Waals surface area contributed by atoms with E-state index in [-0.39, 0.29) is 5.92 Å². The maximum atomic E-state index is 12.1. The second kappa shape index (κ2) is 6.97. The van der Waals surface area contributed by atoms with Gasteiger partial charge in [-0.05, 0) is 33.0 Å². The maximum absolute atomic E-state index is 12.1. The number of amides is 1. The molecule has 0 saturated carbocycles. The lowest BCUT2D eigenvalue weighted by atomic mass is 10.1. The molecule has 1 saturated heterocycles. The van der Waals surface area contributed by atoms with Crippen molar-refractivity contribution in [1.82, 2.24) is 15.1 Å². The number of likely N-dealkylation sites (tertiary alicyclic amines) is 1. The first kappa shape index (κ1) is 14.5. The van der Waals surface area contributed by atoms with E-state index in [9.17, 15) is 4.79 Å². The fourth-order valence-corrected chi connectivity index (χ4v) is 2.46. The van der Waals surface area contributed by atoms with Gasteiger partial charge in [-0.2, -0.15) is 0 Å². The van der Waals surface area contributed by atoms with Gasteiger partial charge < -0.3 is 15.1 Å². The van der Waals surface area contributed by atoms with E-state index < -0.39 is 0 Å². The molecule has 0 spiro atoms. The Labute approximate surface area is 105 Å². The van der Waals surface area contributed by atoms with Gasteiger partial charge in [0.2, 0.25) is 5.91 Å². The average molecular weight is 241 g/mol. The molecule has 1 amide bonds. The number of carbonyl (C=O) groups is 1. The quantitative estimate of drug-likeness (QED) is 0.741. The van der Waals surface area contributed by atoms with Crippen LogP contribution in [0.25, 0.3) is 0 Å². The predicted molar refractivity (Wildman–Crippen MR) is 70.9 cm³/mol. The Balaban J connectivity index is 2.36. The van der Waals surface area contributed by atoms with Gasteiger partial charge in [-0.25, -0.2) is 0 Å². The summed E-state index contributed by atoms with van der Waals surface area (Å²) in [6.07, 6.45) is 1.16. The Kier molecular flexibility index (Phi) is 5.92. The van der Waals surface area contributed by atoms with Gasteiger partial charge in [0.15, 0.2) is 0 Å². The third-order valence-electron chi connectivity index (χ3n) is 3.64. The van der Waals surface area contributed by atoms with E-state index in [1.165, 1.54) is 0 Å². The molecule has 2 unspecified atom stereocenters. The number of hydrogen-bond donors (Lipinski definition) is 1. The molecule has 4 heteroatoms. The first-order chi connectivity index (χ1) is 8.08. The minimum atomic E-state index is 0.0997. The van der Waals surface area contributed by atoms with Crippen molar-refractivity contribution in [3.05, 3.63) is 0 Å². The highest BCUT2D eigenvalue weighted by Crippen LogP contribution is 2.19. The first-order valence-corrected chi connectivity index (χ1v) is 6.70. The molecule has 0 aromatic rings. The van der Waals surface area contributed by atoms with Crippen LogP contribution in [0.3, 0.4) is 0 Å². The number of hydrogen-bond acceptors (Lipinski definition) is 3. The Bertz CT molecular complexity index is 245. The number of rotatable bonds is 6. The minimum Gasteiger partial charge on any atom is -0.342 e. The number of nitrogens with zero attached hydrogens (tertiary/aromatic N) is 2. The fourth-order valence-electron chi connectivity index (χ4n) is 2.46. The van der Waals surface area contributed by atoms with Crippen LogP contribution >= 0.6 is 0 Å². The van der Waals surface area contributed by atoms with Crippen molar-refractivity contribution in [2.24, 2.45) is 11.8 Å². The van der Waals surface area contributed by atoms with Gasteiger partial charge in [0, 0.05) is 32.1 Å². The molecule has 100 valence electrons. The number of carbonyl (C=O) groups excluding carboxylic acids is 1. The summed E-state index contributed by atoms with van der Waals surface area (Å²) in [5.74, 6) is 1.06. The third kappa shape index (κ3) is 4.28. The van der Waals surface area contributed by atoms with Crippen LogP contribution in [-0.4, -0.2) is 62.5 Å². The van der Waals surface area contributed by atoms with Gasteiger partial charge in [-0.15, -0.1) is 0 Å². The summed E-state index contributed by atoms with van der Waals surface area (Å²) < 4.78 is 0. The van der Waals surface area contributed by atoms with Crippen molar-refractivity contribution in [3.8, 4) is 0 Å². The van der Waals surface area contributed by atoms with Crippen LogP contribution < -0.4 is 5.32 Å². The second-order valence-corrected chi connectivity index (χ2v) is 5.25. The zero-order valence-corrected chi connectivity index (χ0v) is 11.7. The van der Waals surface area contributed by atoms with Crippen molar-refractivity contribution >= 4 is 5.91 Å². The molecule has 0 aromatic carbocycles. The molecular formula is C13H27N3O. The summed E-state index contributed by atoms with van der Waals surface area (Å²) in [6, 6.07) is 0. The SMILES string of the molecule is CCN(C)CC1CCN(C(=O)C(C)CNC)C1. The molecule has 17 heavy (non-hydrogen) atoms. The minimum absolute atomic E-state index is 0.0997. The summed E-state index contributed by atoms with van der Waals surface area (Å²) in [7, 11) is 4.04. The van der Waals surface area contributed by atoms with E-state index >= 15 is 0 Å². The molecule has 4 nitrogen and oxygen atoms in total. The van der Waals surface area contributed by atoms with Crippen molar-refractivity contribution in [1.29, 1.82) is 0 Å². The van der Waals surface area contributed by atoms with Crippen molar-refractivity contribution in [2.45, 2.75) is 20.3 Å². The van der Waals surface area contributed by atoms with Crippen LogP contribution in [0.5, 0.6) is 0 Å². The molecule has 2 atom stereocenters. The Hall–Kier alpha value is -0.610. The Morgan fingerprint density at radius 3 is 2.88 bits per heavy atom. The summed E-state index contributed by atoms with van der Waals surface area (Å²) in [4.78, 5) is 16.5. The van der Waals surface area contributed by atoms with Gasteiger partial charge in [0.05, 0.1) is 0 Å². The van der Waals surface area contributed by atoms with Gasteiger partial charge in [-0.1, -0.05) is 13.8 Å². The van der Waals surface area contributed by atoms with E-state index in [0.717, 1.165) is 39.1 Å². The largest absolute Gasteiger partial charge is 0.342 e. The smallest absolute Gasteiger partial charge is 0.226 e. The molecule has 1 aliphatic heterocycles. The van der Waals surface area contributed by atoms with Gasteiger partial charge in [0.1, 0.15) is 0 Å². The fraction of sp³-hybridized carbons (Fsp3) is 0.923. The molecule has 1 heterocycles. The van der Waals surface area contributed by atoms with Crippen molar-refractivity contribution in [2.75, 3.05) is 46.8 Å². The topological polar surface area (TPSA) is 35.6 Å². The molecule has 0 aliphatic carbocycles. The lowest BCUT2D eigenvalue weighted by Gasteiger charge is -2.22. The maximum Gasteiger partial charge on any atom is 0.226 e. The van der Waals surface area contributed by atoms with Crippen LogP contribution in [0, 0.1) is 11.8 Å². The van der Waals surface area contributed by atoms with Gasteiger partial charge >= 0.3 is 0 Å². The summed E-state index contributed by atoms with van der Waals surface area (Å²) in [6.45, 7) is 9.03. The highest BCUT2D eigenvalue weighted by Gasteiger charge is 2.28. The van der Waals surface area contributed by atoms with Gasteiger partial charge in [-0.3, -0.25) is 4.79 Å². The van der Waals surface area contributed by atoms with E-state index in [1.54, 1.807) is 0 Å². The van der Waals surface area contributed by atoms with Crippen LogP contribution in [0.4, 0.5) is 0 Å². The van der Waals surface area contributed by atoms with Crippen LogP contribution in [0.2, 0.25) is 0 Å². The standard InChI is InChI=1S/C13H27N3O/c1-5-15(4)9-12-6-7-16(10-12)13(17)11(2)8-14-3/h11-12,14H,5-10H2,1-4H3. The highest BCUT2D eigenvalue weighted by molar-refractivity contribution is 5.79. The molecule has 0 bridgehead atoms. The monoisotopic (exact) mass is 241 g/mol. The van der Waals surface area contributed by atoms with Crippen molar-refractivity contribution in [3.63, 3.8) is 0 Å². The lowest BCUT2D eigenvalue weighted by Crippen LogP contribution is -2.37. The van der Waals surface area contributed by atoms with E-state index in [1.807, 2.05) is 18.9 Å². The molecule has 1 aliphatic rings. The van der Waals surface area contributed by atoms with Crippen LogP contribution in [0.15, 0.2) is 0 Å². The normalized spacial score (nSPS) is 22.2. The predicted octanol–water partition coefficient (Wildman–Crippen LogP) is 0.642. The zero-order valence-electron chi connectivity index (χ0n) is 11.7. The first-order valence-electron chi connectivity index (χ1n) is 6.70. The number of nitrogens with one attached hydrogen (secondary N) is 1. The highest BCUT2D eigenvalue weighted by atomic mass is 16.2. The Morgan fingerprint density at radius 1 is 1.59 bits per heavy atom. The summed E-state index contributed by atoms with van der Waals surface area (Å²) >= 11 is 0. The van der Waals surface area contributed by atoms with E-state index in [4.69, 9.17) is 0 Å². The van der Waals surface area contributed by atoms with Gasteiger partial charge in [0.25, 0.3) is 0 Å². The molecule has 0 radical (unpaired) electrons. The molecule has 1 rings (SSSR count). The molecule has 0 aromatic heterocycles. The van der Waals surface area contributed by atoms with E-state index in [0.29, 0.717) is 11.8 Å². The summed E-state index contributed by atoms with van der Waals surface area (Å²) in [5.41, 5.74) is 0. The van der Waals surface area contributed by atoms with E-state index in [2.05, 4.69) is 24.2 Å². The van der Waals surface area contributed by atoms with Crippen LogP contribution in [-0.2, 0) is 4.79 Å². The molecule has 1 N–H and O–H groups in total. The molecular weight excluding hydrogens is 214 g/mol. The van der Waals surface area contributed by atoms with Crippen LogP contribution in [0.1, 0.15) is 20.3 Å². The second-order valence-electron chi connectivity index (χ2n) is 5.25. The third-order valence-corrected chi connectivity index (χ3v) is 3.64. The average Bonchev–Trinajstić information content (AvgIpc) is 2.76. The summed E-state index contributed by atoms with van der Waals surface area (Å²) in [5, 5.41) is 3.07.